The van der Waals surface area contributed by atoms with Crippen LogP contribution in [0.25, 0.3) is 22.4 Å². The molecular weight excluding hydrogens is 276 g/mol. The molecular formula is C14H12BrN2+. The van der Waals surface area contributed by atoms with Crippen LogP contribution >= 0.6 is 15.9 Å². The van der Waals surface area contributed by atoms with Crippen LogP contribution in [0.1, 0.15) is 0 Å². The Hall–Kier alpha value is -1.61. The molecule has 0 amide bonds. The SMILES string of the molecule is C[n+]1c(-c2ccc(Br)cc2)[nH]c2ccccc21. The predicted molar refractivity (Wildman–Crippen MR) is 72.6 cm³/mol. The first-order chi connectivity index (χ1) is 8.25. The molecule has 0 spiro atoms. The normalized spacial score (nSPS) is 10.9. The van der Waals surface area contributed by atoms with Crippen LogP contribution in [-0.2, 0) is 7.05 Å². The maximum Gasteiger partial charge on any atom is 0.287 e. The summed E-state index contributed by atoms with van der Waals surface area (Å²) in [6.07, 6.45) is 0. The van der Waals surface area contributed by atoms with Crippen LogP contribution in [0.3, 0.4) is 0 Å². The molecule has 0 fully saturated rings. The lowest BCUT2D eigenvalue weighted by molar-refractivity contribution is -0.633. The molecule has 3 rings (SSSR count). The number of fused-ring (bicyclic) bond motifs is 1. The molecule has 0 aliphatic heterocycles. The highest BCUT2D eigenvalue weighted by atomic mass is 79.9. The zero-order valence-corrected chi connectivity index (χ0v) is 11.0. The molecule has 0 radical (unpaired) electrons. The second-order valence-electron chi connectivity index (χ2n) is 4.06. The monoisotopic (exact) mass is 287 g/mol. The fourth-order valence-electron chi connectivity index (χ4n) is 2.08. The van der Waals surface area contributed by atoms with Crippen LogP contribution in [0.2, 0.25) is 0 Å². The van der Waals surface area contributed by atoms with Gasteiger partial charge in [-0.3, -0.25) is 0 Å². The van der Waals surface area contributed by atoms with Crippen LogP contribution in [0.5, 0.6) is 0 Å². The van der Waals surface area contributed by atoms with Gasteiger partial charge in [0.2, 0.25) is 0 Å². The summed E-state index contributed by atoms with van der Waals surface area (Å²) in [6.45, 7) is 0. The Balaban J connectivity index is 2.24. The third-order valence-corrected chi connectivity index (χ3v) is 3.50. The number of para-hydroxylation sites is 2. The standard InChI is InChI=1S/C14H11BrN2/c1-17-13-5-3-2-4-12(13)16-14(17)10-6-8-11(15)9-7-10/h2-9H,1H3/p+1. The zero-order chi connectivity index (χ0) is 11.8. The number of H-pyrrole nitrogens is 1. The predicted octanol–water partition coefficient (Wildman–Crippen LogP) is 3.42. The molecule has 0 saturated carbocycles. The zero-order valence-electron chi connectivity index (χ0n) is 9.44. The molecule has 3 heteroatoms. The van der Waals surface area contributed by atoms with E-state index in [1.54, 1.807) is 0 Å². The van der Waals surface area contributed by atoms with E-state index in [0.29, 0.717) is 0 Å². The highest BCUT2D eigenvalue weighted by Gasteiger charge is 2.15. The highest BCUT2D eigenvalue weighted by Crippen LogP contribution is 2.20. The summed E-state index contributed by atoms with van der Waals surface area (Å²) in [5.74, 6) is 1.12. The molecule has 0 bridgehead atoms. The van der Waals surface area contributed by atoms with Crippen LogP contribution in [0.15, 0.2) is 53.0 Å². The Bertz CT molecular complexity index is 668. The Morgan fingerprint density at radius 2 is 1.71 bits per heavy atom. The van der Waals surface area contributed by atoms with Crippen LogP contribution in [0.4, 0.5) is 0 Å². The molecule has 0 saturated heterocycles. The summed E-state index contributed by atoms with van der Waals surface area (Å²) >= 11 is 3.45. The van der Waals surface area contributed by atoms with Gasteiger partial charge in [0.1, 0.15) is 0 Å². The number of rotatable bonds is 1. The van der Waals surface area contributed by atoms with Crippen LogP contribution in [-0.4, -0.2) is 4.98 Å². The topological polar surface area (TPSA) is 19.7 Å². The highest BCUT2D eigenvalue weighted by molar-refractivity contribution is 9.10. The van der Waals surface area contributed by atoms with Gasteiger partial charge in [-0.05, 0) is 36.4 Å². The fraction of sp³-hybridized carbons (Fsp3) is 0.0714. The first-order valence-corrected chi connectivity index (χ1v) is 6.28. The number of halogens is 1. The third kappa shape index (κ3) is 1.76. The van der Waals surface area contributed by atoms with Crippen molar-refractivity contribution in [1.82, 2.24) is 4.98 Å². The van der Waals surface area contributed by atoms with Gasteiger partial charge >= 0.3 is 0 Å². The summed E-state index contributed by atoms with van der Waals surface area (Å²) in [5, 5.41) is 0. The van der Waals surface area contributed by atoms with Crippen molar-refractivity contribution in [2.75, 3.05) is 0 Å². The Morgan fingerprint density at radius 1 is 1.00 bits per heavy atom. The first kappa shape index (κ1) is 10.5. The largest absolute Gasteiger partial charge is 0.287 e. The van der Waals surface area contributed by atoms with Gasteiger partial charge in [-0.2, -0.15) is 0 Å². The fourth-order valence-corrected chi connectivity index (χ4v) is 2.34. The molecule has 2 nitrogen and oxygen atoms in total. The van der Waals surface area contributed by atoms with E-state index in [1.807, 2.05) is 6.07 Å². The third-order valence-electron chi connectivity index (χ3n) is 2.97. The average Bonchev–Trinajstić information content (AvgIpc) is 2.69. The molecule has 2 aromatic carbocycles. The van der Waals surface area contributed by atoms with Crippen molar-refractivity contribution in [3.63, 3.8) is 0 Å². The molecule has 0 aliphatic carbocycles. The minimum absolute atomic E-state index is 1.10. The van der Waals surface area contributed by atoms with E-state index in [0.717, 1.165) is 15.8 Å². The molecule has 1 aromatic heterocycles. The molecule has 3 aromatic rings. The molecule has 0 unspecified atom stereocenters. The van der Waals surface area contributed by atoms with E-state index in [1.165, 1.54) is 11.1 Å². The van der Waals surface area contributed by atoms with Crippen molar-refractivity contribution in [3.05, 3.63) is 53.0 Å². The van der Waals surface area contributed by atoms with E-state index in [9.17, 15) is 0 Å². The molecule has 1 N–H and O–H groups in total. The lowest BCUT2D eigenvalue weighted by Crippen LogP contribution is -2.28. The van der Waals surface area contributed by atoms with Crippen molar-refractivity contribution in [3.8, 4) is 11.4 Å². The number of aromatic amines is 1. The molecule has 0 atom stereocenters. The Morgan fingerprint density at radius 3 is 2.41 bits per heavy atom. The maximum absolute atomic E-state index is 3.45. The number of imidazole rings is 1. The average molecular weight is 288 g/mol. The van der Waals surface area contributed by atoms with Gasteiger partial charge in [0.15, 0.2) is 11.0 Å². The number of hydrogen-bond acceptors (Lipinski definition) is 0. The summed E-state index contributed by atoms with van der Waals surface area (Å²) in [7, 11) is 2.08. The van der Waals surface area contributed by atoms with Crippen molar-refractivity contribution < 1.29 is 4.57 Å². The number of aryl methyl sites for hydroxylation is 1. The lowest BCUT2D eigenvalue weighted by atomic mass is 10.2. The second-order valence-corrected chi connectivity index (χ2v) is 4.97. The van der Waals surface area contributed by atoms with Crippen LogP contribution in [0, 0.1) is 0 Å². The maximum atomic E-state index is 3.45. The second kappa shape index (κ2) is 4.00. The number of nitrogens with zero attached hydrogens (tertiary/aromatic N) is 1. The van der Waals surface area contributed by atoms with E-state index >= 15 is 0 Å². The molecule has 1 heterocycles. The quantitative estimate of drug-likeness (QED) is 0.662. The number of nitrogens with one attached hydrogen (secondary N) is 1. The van der Waals surface area contributed by atoms with E-state index in [4.69, 9.17) is 0 Å². The van der Waals surface area contributed by atoms with E-state index < -0.39 is 0 Å². The van der Waals surface area contributed by atoms with Gasteiger partial charge < -0.3 is 0 Å². The number of benzene rings is 2. The van der Waals surface area contributed by atoms with Gasteiger partial charge in [0.25, 0.3) is 5.82 Å². The Labute approximate surface area is 108 Å². The van der Waals surface area contributed by atoms with Crippen LogP contribution < -0.4 is 4.57 Å². The summed E-state index contributed by atoms with van der Waals surface area (Å²) in [4.78, 5) is 3.45. The Kier molecular flexibility index (Phi) is 2.48. The lowest BCUT2D eigenvalue weighted by Gasteiger charge is -1.95. The van der Waals surface area contributed by atoms with Gasteiger partial charge in [0, 0.05) is 4.47 Å². The van der Waals surface area contributed by atoms with E-state index in [2.05, 4.69) is 75.0 Å². The van der Waals surface area contributed by atoms with Gasteiger partial charge in [0.05, 0.1) is 12.6 Å². The minimum Gasteiger partial charge on any atom is -0.236 e. The van der Waals surface area contributed by atoms with Crippen molar-refractivity contribution in [2.24, 2.45) is 7.05 Å². The van der Waals surface area contributed by atoms with E-state index in [-0.39, 0.29) is 0 Å². The summed E-state index contributed by atoms with van der Waals surface area (Å²) in [6, 6.07) is 16.6. The van der Waals surface area contributed by atoms with Gasteiger partial charge in [-0.25, -0.2) is 9.55 Å². The summed E-state index contributed by atoms with van der Waals surface area (Å²) < 4.78 is 3.28. The van der Waals surface area contributed by atoms with Gasteiger partial charge in [-0.15, -0.1) is 0 Å². The minimum atomic E-state index is 1.10. The van der Waals surface area contributed by atoms with Crippen molar-refractivity contribution >= 4 is 27.0 Å². The van der Waals surface area contributed by atoms with Crippen molar-refractivity contribution in [1.29, 1.82) is 0 Å². The first-order valence-electron chi connectivity index (χ1n) is 5.48. The van der Waals surface area contributed by atoms with Gasteiger partial charge in [-0.1, -0.05) is 28.1 Å². The number of aromatic nitrogens is 2. The molecule has 17 heavy (non-hydrogen) atoms. The molecule has 0 aliphatic rings. The summed E-state index contributed by atoms with van der Waals surface area (Å²) in [5.41, 5.74) is 3.56. The smallest absolute Gasteiger partial charge is 0.236 e. The molecule has 84 valence electrons. The number of hydrogen-bond donors (Lipinski definition) is 1. The van der Waals surface area contributed by atoms with Crippen molar-refractivity contribution in [2.45, 2.75) is 0 Å².